The van der Waals surface area contributed by atoms with Gasteiger partial charge < -0.3 is 4.74 Å². The minimum atomic E-state index is -4.57. The summed E-state index contributed by atoms with van der Waals surface area (Å²) in [5.74, 6) is 0.739. The number of esters is 1. The van der Waals surface area contributed by atoms with E-state index in [0.717, 1.165) is 38.8 Å². The second-order valence-electron chi connectivity index (χ2n) is 8.52. The smallest absolute Gasteiger partial charge is 0.433 e. The molecule has 0 aliphatic carbocycles. The highest BCUT2D eigenvalue weighted by Gasteiger charge is 2.34. The van der Waals surface area contributed by atoms with Crippen LogP contribution in [-0.4, -0.2) is 43.5 Å². The van der Waals surface area contributed by atoms with E-state index in [4.69, 9.17) is 9.73 Å². The molecule has 4 aromatic rings. The number of hydrogen-bond acceptors (Lipinski definition) is 8. The van der Waals surface area contributed by atoms with Crippen molar-refractivity contribution in [3.63, 3.8) is 0 Å². The highest BCUT2D eigenvalue weighted by molar-refractivity contribution is 7.15. The molecule has 3 aromatic heterocycles. The fraction of sp³-hybridized carbons (Fsp3) is 0.280. The lowest BCUT2D eigenvalue weighted by Gasteiger charge is -2.12. The van der Waals surface area contributed by atoms with E-state index in [1.54, 1.807) is 35.6 Å². The first-order valence-corrected chi connectivity index (χ1v) is 12.1. The number of aromatic nitrogens is 5. The molecule has 37 heavy (non-hydrogen) atoms. The summed E-state index contributed by atoms with van der Waals surface area (Å²) in [4.78, 5) is 26.0. The Balaban J connectivity index is 1.64. The molecular weight excluding hydrogens is 505 g/mol. The molecule has 4 heterocycles. The molecule has 190 valence electrons. The van der Waals surface area contributed by atoms with E-state index < -0.39 is 23.9 Å². The Labute approximate surface area is 213 Å². The summed E-state index contributed by atoms with van der Waals surface area (Å²) in [5.41, 5.74) is 2.72. The van der Waals surface area contributed by atoms with E-state index in [1.165, 1.54) is 7.11 Å². The van der Waals surface area contributed by atoms with Crippen LogP contribution in [0.15, 0.2) is 41.5 Å². The molecule has 1 aliphatic rings. The Morgan fingerprint density at radius 3 is 2.46 bits per heavy atom. The molecule has 1 aliphatic heterocycles. The Kier molecular flexibility index (Phi) is 6.14. The zero-order valence-electron chi connectivity index (χ0n) is 20.3. The van der Waals surface area contributed by atoms with Crippen molar-refractivity contribution in [3.8, 4) is 16.4 Å². The van der Waals surface area contributed by atoms with Gasteiger partial charge in [0.2, 0.25) is 0 Å². The van der Waals surface area contributed by atoms with Crippen LogP contribution in [0.25, 0.3) is 16.4 Å². The van der Waals surface area contributed by atoms with Crippen LogP contribution in [0.1, 0.15) is 51.4 Å². The molecule has 0 N–H and O–H groups in total. The van der Waals surface area contributed by atoms with Crippen molar-refractivity contribution in [2.45, 2.75) is 39.4 Å². The maximum atomic E-state index is 13.1. The number of rotatable bonds is 4. The number of aliphatic imine (C=N–C) groups is 1. The maximum absolute atomic E-state index is 13.1. The van der Waals surface area contributed by atoms with Crippen LogP contribution in [0, 0.1) is 20.8 Å². The fourth-order valence-electron chi connectivity index (χ4n) is 4.20. The van der Waals surface area contributed by atoms with E-state index in [0.29, 0.717) is 22.9 Å². The van der Waals surface area contributed by atoms with Crippen molar-refractivity contribution in [3.05, 3.63) is 75.4 Å². The normalized spacial score (nSPS) is 15.0. The second-order valence-corrected chi connectivity index (χ2v) is 9.72. The summed E-state index contributed by atoms with van der Waals surface area (Å²) in [5, 5.41) is 9.45. The van der Waals surface area contributed by atoms with Crippen molar-refractivity contribution < 1.29 is 22.7 Å². The van der Waals surface area contributed by atoms with E-state index in [2.05, 4.69) is 20.2 Å². The van der Waals surface area contributed by atoms with Gasteiger partial charge in [-0.3, -0.25) is 14.4 Å². The zero-order valence-corrected chi connectivity index (χ0v) is 21.1. The lowest BCUT2D eigenvalue weighted by Crippen LogP contribution is -2.12. The van der Waals surface area contributed by atoms with Gasteiger partial charge in [0.1, 0.15) is 22.6 Å². The minimum Gasteiger partial charge on any atom is -0.469 e. The van der Waals surface area contributed by atoms with Gasteiger partial charge >= 0.3 is 12.1 Å². The molecule has 0 radical (unpaired) electrons. The Morgan fingerprint density at radius 1 is 1.08 bits per heavy atom. The summed E-state index contributed by atoms with van der Waals surface area (Å²) in [6.45, 7) is 5.87. The van der Waals surface area contributed by atoms with E-state index in [-0.39, 0.29) is 12.2 Å². The summed E-state index contributed by atoms with van der Waals surface area (Å²) < 4.78 is 46.2. The second kappa shape index (κ2) is 9.18. The van der Waals surface area contributed by atoms with Gasteiger partial charge in [0.25, 0.3) is 0 Å². The van der Waals surface area contributed by atoms with Crippen LogP contribution in [0.3, 0.4) is 0 Å². The van der Waals surface area contributed by atoms with E-state index in [9.17, 15) is 18.0 Å². The standard InChI is InChI=1S/C25H21F3N6O2S/c1-12-13(2)37-24-20(12)21(30-17(11-19(35)36-4)23-33-32-14(3)34(23)24)15-5-7-16(8-6-15)22-29-10-9-18(31-22)25(26,27)28/h5-10,17H,11H2,1-4H3/t17-/m0/s1. The lowest BCUT2D eigenvalue weighted by molar-refractivity contribution is -0.142. The fourth-order valence-corrected chi connectivity index (χ4v) is 5.41. The number of carbonyl (C=O) groups excluding carboxylic acids is 1. The number of thiophene rings is 1. The van der Waals surface area contributed by atoms with Crippen molar-refractivity contribution in [1.29, 1.82) is 0 Å². The third-order valence-electron chi connectivity index (χ3n) is 6.19. The molecule has 12 heteroatoms. The zero-order chi connectivity index (χ0) is 26.5. The molecular formula is C25H21F3N6O2S. The van der Waals surface area contributed by atoms with Crippen molar-refractivity contribution in [2.24, 2.45) is 4.99 Å². The van der Waals surface area contributed by atoms with Crippen LogP contribution < -0.4 is 0 Å². The number of fused-ring (bicyclic) bond motifs is 3. The summed E-state index contributed by atoms with van der Waals surface area (Å²) in [7, 11) is 1.32. The van der Waals surface area contributed by atoms with Gasteiger partial charge in [0, 0.05) is 27.8 Å². The molecule has 0 fully saturated rings. The predicted octanol–water partition coefficient (Wildman–Crippen LogP) is 5.19. The molecule has 0 bridgehead atoms. The van der Waals surface area contributed by atoms with Crippen LogP contribution in [-0.2, 0) is 15.7 Å². The number of aryl methyl sites for hydroxylation is 2. The minimum absolute atomic E-state index is 0.0265. The number of methoxy groups -OCH3 is 1. The summed E-state index contributed by atoms with van der Waals surface area (Å²) >= 11 is 1.58. The summed E-state index contributed by atoms with van der Waals surface area (Å²) in [6.07, 6.45) is -3.50. The molecule has 0 unspecified atom stereocenters. The SMILES string of the molecule is COC(=O)C[C@@H]1N=C(c2ccc(-c3nccc(C(F)(F)F)n3)cc2)c2c(sc(C)c2C)-n2c(C)nnc21. The number of halogens is 3. The number of nitrogens with zero attached hydrogens (tertiary/aromatic N) is 6. The highest BCUT2D eigenvalue weighted by atomic mass is 32.1. The average Bonchev–Trinajstić information content (AvgIpc) is 3.35. The number of ether oxygens (including phenoxy) is 1. The third-order valence-corrected chi connectivity index (χ3v) is 7.38. The molecule has 0 amide bonds. The largest absolute Gasteiger partial charge is 0.469 e. The van der Waals surface area contributed by atoms with E-state index >= 15 is 0 Å². The van der Waals surface area contributed by atoms with Crippen LogP contribution in [0.4, 0.5) is 13.2 Å². The predicted molar refractivity (Wildman–Crippen MR) is 131 cm³/mol. The number of hydrogen-bond donors (Lipinski definition) is 0. The molecule has 5 rings (SSSR count). The monoisotopic (exact) mass is 526 g/mol. The van der Waals surface area contributed by atoms with Crippen molar-refractivity contribution >= 4 is 23.0 Å². The van der Waals surface area contributed by atoms with E-state index in [1.807, 2.05) is 25.3 Å². The van der Waals surface area contributed by atoms with Gasteiger partial charge in [-0.15, -0.1) is 21.5 Å². The van der Waals surface area contributed by atoms with Gasteiger partial charge in [0.05, 0.1) is 19.2 Å². The topological polar surface area (TPSA) is 95.2 Å². The molecule has 0 spiro atoms. The van der Waals surface area contributed by atoms with Gasteiger partial charge in [0.15, 0.2) is 11.6 Å². The first-order chi connectivity index (χ1) is 17.6. The number of alkyl halides is 3. The third kappa shape index (κ3) is 4.41. The molecule has 1 aromatic carbocycles. The Morgan fingerprint density at radius 2 is 1.78 bits per heavy atom. The Hall–Kier alpha value is -3.93. The lowest BCUT2D eigenvalue weighted by atomic mass is 9.98. The van der Waals surface area contributed by atoms with Crippen LogP contribution in [0.2, 0.25) is 0 Å². The average molecular weight is 527 g/mol. The van der Waals surface area contributed by atoms with Crippen LogP contribution in [0.5, 0.6) is 0 Å². The van der Waals surface area contributed by atoms with Gasteiger partial charge in [-0.2, -0.15) is 13.2 Å². The molecule has 0 saturated heterocycles. The first-order valence-electron chi connectivity index (χ1n) is 11.3. The number of carbonyl (C=O) groups is 1. The van der Waals surface area contributed by atoms with Gasteiger partial charge in [-0.1, -0.05) is 24.3 Å². The molecule has 0 saturated carbocycles. The van der Waals surface area contributed by atoms with Crippen molar-refractivity contribution in [2.75, 3.05) is 7.11 Å². The number of benzene rings is 1. The Bertz CT molecular complexity index is 1540. The van der Waals surface area contributed by atoms with Gasteiger partial charge in [-0.25, -0.2) is 9.97 Å². The maximum Gasteiger partial charge on any atom is 0.433 e. The van der Waals surface area contributed by atoms with Crippen LogP contribution >= 0.6 is 11.3 Å². The molecule has 8 nitrogen and oxygen atoms in total. The summed E-state index contributed by atoms with van der Waals surface area (Å²) in [6, 6.07) is 7.04. The molecule has 1 atom stereocenters. The highest BCUT2D eigenvalue weighted by Crippen LogP contribution is 2.39. The van der Waals surface area contributed by atoms with Gasteiger partial charge in [-0.05, 0) is 32.4 Å². The quantitative estimate of drug-likeness (QED) is 0.340. The van der Waals surface area contributed by atoms with Crippen molar-refractivity contribution in [1.82, 2.24) is 24.7 Å². The first kappa shape index (κ1) is 24.8.